The molecule has 2 aliphatic heterocycles. The standard InChI is InChI=1S/C14H20N4O2/c1-3-12-11-7-15-6-10(11)8-17(12)14-13(18(19)20)4-9(2)5-16-14/h4-5,10-12,15H,3,6-8H2,1-2H3. The second-order valence-corrected chi connectivity index (χ2v) is 5.82. The summed E-state index contributed by atoms with van der Waals surface area (Å²) in [4.78, 5) is 17.5. The average Bonchev–Trinajstić information content (AvgIpc) is 2.98. The molecule has 0 saturated carbocycles. The van der Waals surface area contributed by atoms with E-state index >= 15 is 0 Å². The van der Waals surface area contributed by atoms with Crippen molar-refractivity contribution in [1.29, 1.82) is 0 Å². The summed E-state index contributed by atoms with van der Waals surface area (Å²) in [5.41, 5.74) is 0.964. The van der Waals surface area contributed by atoms with Crippen molar-refractivity contribution in [2.24, 2.45) is 11.8 Å². The van der Waals surface area contributed by atoms with E-state index in [1.165, 1.54) is 0 Å². The minimum Gasteiger partial charge on any atom is -0.347 e. The fourth-order valence-electron chi connectivity index (χ4n) is 3.69. The third kappa shape index (κ3) is 2.04. The van der Waals surface area contributed by atoms with Gasteiger partial charge in [-0.2, -0.15) is 0 Å². The summed E-state index contributed by atoms with van der Waals surface area (Å²) in [5, 5.41) is 14.7. The van der Waals surface area contributed by atoms with Crippen LogP contribution in [0, 0.1) is 28.9 Å². The number of hydrogen-bond donors (Lipinski definition) is 1. The molecule has 0 radical (unpaired) electrons. The van der Waals surface area contributed by atoms with Crippen LogP contribution in [0.15, 0.2) is 12.3 Å². The highest BCUT2D eigenvalue weighted by atomic mass is 16.6. The quantitative estimate of drug-likeness (QED) is 0.672. The molecule has 3 heterocycles. The molecule has 2 aliphatic rings. The summed E-state index contributed by atoms with van der Waals surface area (Å²) in [6, 6.07) is 1.98. The number of pyridine rings is 1. The number of rotatable bonds is 3. The lowest BCUT2D eigenvalue weighted by Gasteiger charge is -2.27. The Morgan fingerprint density at radius 1 is 1.55 bits per heavy atom. The molecule has 0 spiro atoms. The van der Waals surface area contributed by atoms with Crippen molar-refractivity contribution in [3.63, 3.8) is 0 Å². The molecule has 1 aromatic rings. The lowest BCUT2D eigenvalue weighted by Crippen LogP contribution is -2.36. The first-order valence-corrected chi connectivity index (χ1v) is 7.20. The smallest absolute Gasteiger partial charge is 0.311 e. The molecule has 0 aliphatic carbocycles. The first-order valence-electron chi connectivity index (χ1n) is 7.20. The molecule has 2 saturated heterocycles. The van der Waals surface area contributed by atoms with Crippen LogP contribution in [-0.4, -0.2) is 35.6 Å². The molecule has 0 amide bonds. The van der Waals surface area contributed by atoms with E-state index in [-0.39, 0.29) is 10.6 Å². The first-order chi connectivity index (χ1) is 9.61. The van der Waals surface area contributed by atoms with E-state index in [0.717, 1.165) is 31.6 Å². The molecule has 1 aromatic heterocycles. The fourth-order valence-corrected chi connectivity index (χ4v) is 3.69. The number of fused-ring (bicyclic) bond motifs is 1. The van der Waals surface area contributed by atoms with Gasteiger partial charge in [-0.3, -0.25) is 10.1 Å². The zero-order valence-electron chi connectivity index (χ0n) is 11.9. The highest BCUT2D eigenvalue weighted by Crippen LogP contribution is 2.39. The van der Waals surface area contributed by atoms with Gasteiger partial charge in [-0.25, -0.2) is 4.98 Å². The number of nitrogens with one attached hydrogen (secondary N) is 1. The number of hydrogen-bond acceptors (Lipinski definition) is 5. The second kappa shape index (κ2) is 5.01. The molecule has 0 aromatic carbocycles. The van der Waals surface area contributed by atoms with E-state index < -0.39 is 0 Å². The van der Waals surface area contributed by atoms with E-state index in [1.807, 2.05) is 6.92 Å². The number of anilines is 1. The van der Waals surface area contributed by atoms with Crippen molar-refractivity contribution >= 4 is 11.5 Å². The van der Waals surface area contributed by atoms with Gasteiger partial charge in [0.1, 0.15) is 0 Å². The Labute approximate surface area is 118 Å². The summed E-state index contributed by atoms with van der Waals surface area (Å²) < 4.78 is 0. The molecular weight excluding hydrogens is 256 g/mol. The van der Waals surface area contributed by atoms with Crippen LogP contribution < -0.4 is 10.2 Å². The minimum atomic E-state index is -0.311. The third-order valence-electron chi connectivity index (χ3n) is 4.59. The van der Waals surface area contributed by atoms with Crippen molar-refractivity contribution in [1.82, 2.24) is 10.3 Å². The highest BCUT2D eigenvalue weighted by molar-refractivity contribution is 5.60. The Bertz CT molecular complexity index is 534. The van der Waals surface area contributed by atoms with Gasteiger partial charge in [0.05, 0.1) is 4.92 Å². The summed E-state index contributed by atoms with van der Waals surface area (Å²) in [7, 11) is 0. The molecule has 108 valence electrons. The molecule has 6 nitrogen and oxygen atoms in total. The molecule has 0 bridgehead atoms. The topological polar surface area (TPSA) is 71.3 Å². The number of nitrogens with zero attached hydrogens (tertiary/aromatic N) is 3. The first kappa shape index (κ1) is 13.3. The lowest BCUT2D eigenvalue weighted by molar-refractivity contribution is -0.384. The third-order valence-corrected chi connectivity index (χ3v) is 4.59. The zero-order valence-corrected chi connectivity index (χ0v) is 11.9. The maximum Gasteiger partial charge on any atom is 0.311 e. The van der Waals surface area contributed by atoms with E-state index in [9.17, 15) is 10.1 Å². The normalized spacial score (nSPS) is 28.7. The Morgan fingerprint density at radius 2 is 2.35 bits per heavy atom. The highest BCUT2D eigenvalue weighted by Gasteiger charge is 2.45. The van der Waals surface area contributed by atoms with Gasteiger partial charge >= 0.3 is 5.69 Å². The Balaban J connectivity index is 1.98. The number of nitro groups is 1. The van der Waals surface area contributed by atoms with Gasteiger partial charge in [0, 0.05) is 37.9 Å². The van der Waals surface area contributed by atoms with Crippen LogP contribution in [0.2, 0.25) is 0 Å². The van der Waals surface area contributed by atoms with Crippen LogP contribution in [0.25, 0.3) is 0 Å². The summed E-state index contributed by atoms with van der Waals surface area (Å²) in [6.07, 6.45) is 2.72. The van der Waals surface area contributed by atoms with Crippen LogP contribution >= 0.6 is 0 Å². The number of aryl methyl sites for hydroxylation is 1. The van der Waals surface area contributed by atoms with E-state index in [2.05, 4.69) is 22.1 Å². The van der Waals surface area contributed by atoms with Gasteiger partial charge in [0.15, 0.2) is 0 Å². The SMILES string of the molecule is CCC1C2CNCC2CN1c1ncc(C)cc1[N+](=O)[O-]. The van der Waals surface area contributed by atoms with Gasteiger partial charge < -0.3 is 10.2 Å². The van der Waals surface area contributed by atoms with E-state index in [1.54, 1.807) is 12.3 Å². The maximum atomic E-state index is 11.3. The van der Waals surface area contributed by atoms with E-state index in [0.29, 0.717) is 23.7 Å². The molecular formula is C14H20N4O2. The second-order valence-electron chi connectivity index (χ2n) is 5.82. The predicted molar refractivity (Wildman–Crippen MR) is 76.9 cm³/mol. The predicted octanol–water partition coefficient (Wildman–Crippen LogP) is 1.73. The molecule has 3 unspecified atom stereocenters. The van der Waals surface area contributed by atoms with Gasteiger partial charge in [-0.1, -0.05) is 6.92 Å². The largest absolute Gasteiger partial charge is 0.347 e. The van der Waals surface area contributed by atoms with Crippen LogP contribution in [-0.2, 0) is 0 Å². The molecule has 3 atom stereocenters. The van der Waals surface area contributed by atoms with Crippen molar-refractivity contribution in [3.8, 4) is 0 Å². The number of aromatic nitrogens is 1. The van der Waals surface area contributed by atoms with Crippen LogP contribution in [0.1, 0.15) is 18.9 Å². The van der Waals surface area contributed by atoms with Gasteiger partial charge in [-0.15, -0.1) is 0 Å². The van der Waals surface area contributed by atoms with Crippen molar-refractivity contribution in [3.05, 3.63) is 27.9 Å². The Hall–Kier alpha value is -1.69. The zero-order chi connectivity index (χ0) is 14.3. The van der Waals surface area contributed by atoms with E-state index in [4.69, 9.17) is 0 Å². The summed E-state index contributed by atoms with van der Waals surface area (Å²) in [5.74, 6) is 1.72. The lowest BCUT2D eigenvalue weighted by atomic mass is 9.93. The summed E-state index contributed by atoms with van der Waals surface area (Å²) in [6.45, 7) is 6.88. The summed E-state index contributed by atoms with van der Waals surface area (Å²) >= 11 is 0. The molecule has 3 rings (SSSR count). The van der Waals surface area contributed by atoms with Gasteiger partial charge in [0.25, 0.3) is 0 Å². The Morgan fingerprint density at radius 3 is 3.05 bits per heavy atom. The average molecular weight is 276 g/mol. The van der Waals surface area contributed by atoms with Gasteiger partial charge in [-0.05, 0) is 30.7 Å². The van der Waals surface area contributed by atoms with Crippen molar-refractivity contribution in [2.75, 3.05) is 24.5 Å². The van der Waals surface area contributed by atoms with Crippen LogP contribution in [0.5, 0.6) is 0 Å². The molecule has 20 heavy (non-hydrogen) atoms. The van der Waals surface area contributed by atoms with Gasteiger partial charge in [0.2, 0.25) is 5.82 Å². The molecule has 1 N–H and O–H groups in total. The van der Waals surface area contributed by atoms with Crippen LogP contribution in [0.3, 0.4) is 0 Å². The molecule has 6 heteroatoms. The fraction of sp³-hybridized carbons (Fsp3) is 0.643. The maximum absolute atomic E-state index is 11.3. The van der Waals surface area contributed by atoms with Crippen LogP contribution in [0.4, 0.5) is 11.5 Å². The monoisotopic (exact) mass is 276 g/mol. The van der Waals surface area contributed by atoms with Crippen molar-refractivity contribution in [2.45, 2.75) is 26.3 Å². The van der Waals surface area contributed by atoms with Crippen molar-refractivity contribution < 1.29 is 4.92 Å². The Kier molecular flexibility index (Phi) is 3.33. The molecule has 2 fully saturated rings. The minimum absolute atomic E-state index is 0.136.